The number of hydrogen-bond donors (Lipinski definition) is 2. The number of aryl methyl sites for hydroxylation is 2. The van der Waals surface area contributed by atoms with E-state index in [0.29, 0.717) is 24.9 Å². The summed E-state index contributed by atoms with van der Waals surface area (Å²) >= 11 is 0. The predicted molar refractivity (Wildman–Crippen MR) is 93.1 cm³/mol. The van der Waals surface area contributed by atoms with Gasteiger partial charge in [0, 0.05) is 31.6 Å². The Morgan fingerprint density at radius 1 is 1.21 bits per heavy atom. The molecule has 7 heteroatoms. The number of pyridine rings is 1. The fourth-order valence-electron chi connectivity index (χ4n) is 2.37. The van der Waals surface area contributed by atoms with Gasteiger partial charge in [-0.3, -0.25) is 4.99 Å². The molecule has 0 atom stereocenters. The fourth-order valence-corrected chi connectivity index (χ4v) is 2.37. The van der Waals surface area contributed by atoms with Gasteiger partial charge in [-0.05, 0) is 12.5 Å². The molecule has 0 radical (unpaired) electrons. The smallest absolute Gasteiger partial charge is 0.213 e. The minimum atomic E-state index is 0.557. The average molecular weight is 331 g/mol. The fraction of sp³-hybridized carbons (Fsp3) is 0.471. The van der Waals surface area contributed by atoms with Crippen LogP contribution in [-0.2, 0) is 25.9 Å². The van der Waals surface area contributed by atoms with Crippen molar-refractivity contribution in [1.82, 2.24) is 20.8 Å². The van der Waals surface area contributed by atoms with Crippen molar-refractivity contribution in [2.75, 3.05) is 14.2 Å². The van der Waals surface area contributed by atoms with Gasteiger partial charge in [0.05, 0.1) is 25.0 Å². The topological polar surface area (TPSA) is 84.6 Å². The Balaban J connectivity index is 1.94. The average Bonchev–Trinajstić information content (AvgIpc) is 3.04. The molecule has 0 spiro atoms. The van der Waals surface area contributed by atoms with Crippen LogP contribution in [0.1, 0.15) is 36.6 Å². The Hall–Kier alpha value is -2.57. The number of aliphatic imine (C=N–C) groups is 1. The summed E-state index contributed by atoms with van der Waals surface area (Å²) in [6.07, 6.45) is 1.67. The molecule has 130 valence electrons. The zero-order chi connectivity index (χ0) is 17.4. The van der Waals surface area contributed by atoms with Gasteiger partial charge < -0.3 is 19.9 Å². The summed E-state index contributed by atoms with van der Waals surface area (Å²) in [6.45, 7) is 5.32. The Labute approximate surface area is 142 Å². The first-order chi connectivity index (χ1) is 11.7. The maximum absolute atomic E-state index is 5.38. The highest BCUT2D eigenvalue weighted by Crippen LogP contribution is 2.15. The largest absolute Gasteiger partial charge is 0.481 e. The molecule has 0 aromatic carbocycles. The molecule has 0 aliphatic rings. The third-order valence-electron chi connectivity index (χ3n) is 3.69. The van der Waals surface area contributed by atoms with Crippen LogP contribution in [0.5, 0.6) is 5.88 Å². The molecule has 0 amide bonds. The number of guanidine groups is 1. The molecule has 2 N–H and O–H groups in total. The minimum Gasteiger partial charge on any atom is -0.481 e. The third kappa shape index (κ3) is 4.47. The van der Waals surface area contributed by atoms with E-state index in [4.69, 9.17) is 9.26 Å². The van der Waals surface area contributed by atoms with Crippen LogP contribution in [0, 0.1) is 0 Å². The monoisotopic (exact) mass is 331 g/mol. The van der Waals surface area contributed by atoms with Crippen molar-refractivity contribution >= 4 is 5.96 Å². The normalized spacial score (nSPS) is 11.4. The van der Waals surface area contributed by atoms with Crippen molar-refractivity contribution in [3.63, 3.8) is 0 Å². The van der Waals surface area contributed by atoms with Gasteiger partial charge in [-0.2, -0.15) is 0 Å². The molecule has 0 aliphatic carbocycles. The van der Waals surface area contributed by atoms with E-state index in [1.165, 1.54) is 0 Å². The SMILES string of the molecule is CCc1noc(CC)c1CNC(=NC)NCc1cccc(OC)n1. The Morgan fingerprint density at radius 2 is 2.00 bits per heavy atom. The zero-order valence-electron chi connectivity index (χ0n) is 14.7. The van der Waals surface area contributed by atoms with Gasteiger partial charge in [-0.1, -0.05) is 25.1 Å². The highest BCUT2D eigenvalue weighted by molar-refractivity contribution is 5.79. The third-order valence-corrected chi connectivity index (χ3v) is 3.69. The van der Waals surface area contributed by atoms with E-state index in [1.807, 2.05) is 18.2 Å². The second-order valence-electron chi connectivity index (χ2n) is 5.19. The summed E-state index contributed by atoms with van der Waals surface area (Å²) in [5.41, 5.74) is 2.98. The second kappa shape index (κ2) is 8.90. The van der Waals surface area contributed by atoms with E-state index in [0.717, 1.165) is 35.6 Å². The van der Waals surface area contributed by atoms with Gasteiger partial charge in [-0.15, -0.1) is 0 Å². The van der Waals surface area contributed by atoms with E-state index in [2.05, 4.69) is 39.6 Å². The lowest BCUT2D eigenvalue weighted by Gasteiger charge is -2.12. The van der Waals surface area contributed by atoms with Crippen LogP contribution in [0.3, 0.4) is 0 Å². The molecule has 0 bridgehead atoms. The van der Waals surface area contributed by atoms with Gasteiger partial charge in [0.15, 0.2) is 5.96 Å². The summed E-state index contributed by atoms with van der Waals surface area (Å²) < 4.78 is 10.5. The van der Waals surface area contributed by atoms with Crippen molar-refractivity contribution in [2.45, 2.75) is 39.8 Å². The van der Waals surface area contributed by atoms with Crippen LogP contribution in [-0.4, -0.2) is 30.3 Å². The number of aromatic nitrogens is 2. The number of nitrogens with zero attached hydrogens (tertiary/aromatic N) is 3. The number of hydrogen-bond acceptors (Lipinski definition) is 5. The quantitative estimate of drug-likeness (QED) is 0.597. The first-order valence-corrected chi connectivity index (χ1v) is 8.12. The maximum Gasteiger partial charge on any atom is 0.213 e. The molecular weight excluding hydrogens is 306 g/mol. The van der Waals surface area contributed by atoms with E-state index in [1.54, 1.807) is 14.2 Å². The van der Waals surface area contributed by atoms with Crippen molar-refractivity contribution in [2.24, 2.45) is 4.99 Å². The predicted octanol–water partition coefficient (Wildman–Crippen LogP) is 2.07. The molecule has 7 nitrogen and oxygen atoms in total. The molecule has 0 saturated heterocycles. The Bertz CT molecular complexity index is 660. The second-order valence-corrected chi connectivity index (χ2v) is 5.19. The van der Waals surface area contributed by atoms with Crippen LogP contribution in [0.15, 0.2) is 27.7 Å². The van der Waals surface area contributed by atoms with Crippen LogP contribution in [0.2, 0.25) is 0 Å². The molecule has 2 rings (SSSR count). The highest BCUT2D eigenvalue weighted by atomic mass is 16.5. The Kier molecular flexibility index (Phi) is 6.60. The molecule has 2 aromatic rings. The lowest BCUT2D eigenvalue weighted by molar-refractivity contribution is 0.380. The van der Waals surface area contributed by atoms with Gasteiger partial charge >= 0.3 is 0 Å². The van der Waals surface area contributed by atoms with E-state index in [9.17, 15) is 0 Å². The van der Waals surface area contributed by atoms with E-state index < -0.39 is 0 Å². The van der Waals surface area contributed by atoms with Crippen molar-refractivity contribution in [1.29, 1.82) is 0 Å². The van der Waals surface area contributed by atoms with Gasteiger partial charge in [0.1, 0.15) is 5.76 Å². The summed E-state index contributed by atoms with van der Waals surface area (Å²) in [7, 11) is 3.35. The number of methoxy groups -OCH3 is 1. The lowest BCUT2D eigenvalue weighted by atomic mass is 10.1. The molecule has 2 aromatic heterocycles. The summed E-state index contributed by atoms with van der Waals surface area (Å²) in [4.78, 5) is 8.61. The molecule has 24 heavy (non-hydrogen) atoms. The van der Waals surface area contributed by atoms with Gasteiger partial charge in [0.25, 0.3) is 0 Å². The van der Waals surface area contributed by atoms with E-state index in [-0.39, 0.29) is 0 Å². The van der Waals surface area contributed by atoms with Crippen molar-refractivity contribution < 1.29 is 9.26 Å². The molecule has 0 aliphatic heterocycles. The minimum absolute atomic E-state index is 0.557. The molecule has 0 saturated carbocycles. The number of nitrogens with one attached hydrogen (secondary N) is 2. The molecule has 2 heterocycles. The maximum atomic E-state index is 5.38. The van der Waals surface area contributed by atoms with Crippen LogP contribution >= 0.6 is 0 Å². The Morgan fingerprint density at radius 3 is 2.67 bits per heavy atom. The van der Waals surface area contributed by atoms with Crippen molar-refractivity contribution in [3.8, 4) is 5.88 Å². The summed E-state index contributed by atoms with van der Waals surface area (Å²) in [5.74, 6) is 2.22. The summed E-state index contributed by atoms with van der Waals surface area (Å²) in [5, 5.41) is 10.7. The van der Waals surface area contributed by atoms with E-state index >= 15 is 0 Å². The first-order valence-electron chi connectivity index (χ1n) is 8.12. The summed E-state index contributed by atoms with van der Waals surface area (Å²) in [6, 6.07) is 5.67. The highest BCUT2D eigenvalue weighted by Gasteiger charge is 2.13. The number of ether oxygens (including phenoxy) is 1. The standard InChI is InChI=1S/C17H25N5O2/c1-5-14-13(15(6-2)24-22-14)11-20-17(18-3)19-10-12-8-7-9-16(21-12)23-4/h7-9H,5-6,10-11H2,1-4H3,(H2,18,19,20). The van der Waals surface area contributed by atoms with Gasteiger partial charge in [-0.25, -0.2) is 4.98 Å². The molecular formula is C17H25N5O2. The van der Waals surface area contributed by atoms with Crippen LogP contribution in [0.4, 0.5) is 0 Å². The van der Waals surface area contributed by atoms with Gasteiger partial charge in [0.2, 0.25) is 5.88 Å². The molecule has 0 unspecified atom stereocenters. The zero-order valence-corrected chi connectivity index (χ0v) is 14.7. The van der Waals surface area contributed by atoms with Crippen LogP contribution in [0.25, 0.3) is 0 Å². The molecule has 0 fully saturated rings. The first kappa shape index (κ1) is 17.8. The van der Waals surface area contributed by atoms with Crippen LogP contribution < -0.4 is 15.4 Å². The lowest BCUT2D eigenvalue weighted by Crippen LogP contribution is -2.36. The number of rotatable bonds is 7. The van der Waals surface area contributed by atoms with Crippen molar-refractivity contribution in [3.05, 3.63) is 40.9 Å².